The van der Waals surface area contributed by atoms with Crippen molar-refractivity contribution in [1.82, 2.24) is 0 Å². The van der Waals surface area contributed by atoms with Gasteiger partial charge in [-0.05, 0) is 25.5 Å². The Hall–Kier alpha value is -1.15. The van der Waals surface area contributed by atoms with Gasteiger partial charge in [0, 0.05) is 0 Å². The van der Waals surface area contributed by atoms with Crippen LogP contribution >= 0.6 is 7.14 Å². The van der Waals surface area contributed by atoms with Crippen LogP contribution in [0.3, 0.4) is 0 Å². The molecule has 0 aromatic heterocycles. The molecule has 0 spiro atoms. The lowest BCUT2D eigenvalue weighted by Gasteiger charge is -2.10. The first-order valence-corrected chi connectivity index (χ1v) is 9.25. The van der Waals surface area contributed by atoms with Crippen LogP contribution in [0.15, 0.2) is 12.1 Å². The summed E-state index contributed by atoms with van der Waals surface area (Å²) in [7, 11) is -2.34. The third kappa shape index (κ3) is 5.46. The van der Waals surface area contributed by atoms with Crippen LogP contribution in [0.5, 0.6) is 11.5 Å². The van der Waals surface area contributed by atoms with Gasteiger partial charge in [0.15, 0.2) is 11.5 Å². The average molecular weight is 303 g/mol. The summed E-state index contributed by atoms with van der Waals surface area (Å²) in [5.41, 5.74) is 6.21. The molecule has 0 unspecified atom stereocenters. The Morgan fingerprint density at radius 2 is 1.60 bits per heavy atom. The molecule has 1 aromatic rings. The second kappa shape index (κ2) is 9.71. The van der Waals surface area contributed by atoms with Gasteiger partial charge in [0.1, 0.15) is 7.14 Å². The van der Waals surface area contributed by atoms with Crippen molar-refractivity contribution in [3.05, 3.63) is 12.1 Å². The van der Waals surface area contributed by atoms with E-state index in [2.05, 4.69) is 13.8 Å². The number of hydrogen-bond donors (Lipinski definition) is 1. The van der Waals surface area contributed by atoms with E-state index in [9.17, 15) is 4.57 Å². The predicted octanol–water partition coefficient (Wildman–Crippen LogP) is 4.32. The second-order valence-electron chi connectivity index (χ2n) is 4.30. The highest BCUT2D eigenvalue weighted by Gasteiger charge is 2.26. The highest BCUT2D eigenvalue weighted by atomic mass is 31.2. The molecule has 0 saturated heterocycles. The Kier molecular flexibility index (Phi) is 10.3. The lowest BCUT2D eigenvalue weighted by Crippen LogP contribution is -2.06. The van der Waals surface area contributed by atoms with Gasteiger partial charge in [0.05, 0.1) is 11.0 Å². The molecular formula is C15H30NO3P. The Labute approximate surface area is 124 Å². The van der Waals surface area contributed by atoms with Gasteiger partial charge in [-0.15, -0.1) is 0 Å². The van der Waals surface area contributed by atoms with E-state index in [1.54, 1.807) is 25.5 Å². The molecule has 1 aliphatic rings. The molecule has 2 N–H and O–H groups in total. The van der Waals surface area contributed by atoms with Crippen molar-refractivity contribution in [3.63, 3.8) is 0 Å². The number of rotatable bonds is 1. The lowest BCUT2D eigenvalue weighted by molar-refractivity contribution is 0.175. The largest absolute Gasteiger partial charge is 0.453 e. The molecule has 0 radical (unpaired) electrons. The minimum absolute atomic E-state index is 0. The van der Waals surface area contributed by atoms with E-state index in [1.807, 2.05) is 13.8 Å². The fraction of sp³-hybridized carbons (Fsp3) is 0.600. The molecular weight excluding hydrogens is 273 g/mol. The summed E-state index contributed by atoms with van der Waals surface area (Å²) >= 11 is 0. The average Bonchev–Trinajstić information content (AvgIpc) is 2.81. The summed E-state index contributed by atoms with van der Waals surface area (Å²) in [6.45, 7) is 11.8. The molecule has 118 valence electrons. The number of benzene rings is 1. The van der Waals surface area contributed by atoms with Gasteiger partial charge in [0.2, 0.25) is 6.79 Å². The summed E-state index contributed by atoms with van der Waals surface area (Å²) in [4.78, 5) is 0. The first kappa shape index (κ1) is 21.2. The van der Waals surface area contributed by atoms with Crippen molar-refractivity contribution in [2.75, 3.05) is 25.9 Å². The number of nitrogen functional groups attached to an aromatic ring is 1. The quantitative estimate of drug-likeness (QED) is 0.620. The number of nitrogens with two attached hydrogens (primary N) is 1. The SMILES string of the molecule is C.CC.CCC.CP(C)(=O)c1ccc(N)c2c1OCO2. The van der Waals surface area contributed by atoms with E-state index in [0.717, 1.165) is 0 Å². The number of hydrogen-bond acceptors (Lipinski definition) is 4. The monoisotopic (exact) mass is 303 g/mol. The number of ether oxygens (including phenoxy) is 2. The van der Waals surface area contributed by atoms with E-state index >= 15 is 0 Å². The lowest BCUT2D eigenvalue weighted by atomic mass is 10.3. The zero-order valence-electron chi connectivity index (χ0n) is 12.8. The van der Waals surface area contributed by atoms with Gasteiger partial charge in [-0.2, -0.15) is 0 Å². The van der Waals surface area contributed by atoms with Crippen LogP contribution in [0.1, 0.15) is 41.5 Å². The highest BCUT2D eigenvalue weighted by Crippen LogP contribution is 2.45. The summed E-state index contributed by atoms with van der Waals surface area (Å²) in [6, 6.07) is 3.44. The maximum Gasteiger partial charge on any atom is 0.231 e. The van der Waals surface area contributed by atoms with E-state index in [0.29, 0.717) is 22.5 Å². The van der Waals surface area contributed by atoms with E-state index in [4.69, 9.17) is 15.2 Å². The summed E-state index contributed by atoms with van der Waals surface area (Å²) in [6.07, 6.45) is 1.25. The fourth-order valence-corrected chi connectivity index (χ4v) is 2.52. The molecule has 0 amide bonds. The van der Waals surface area contributed by atoms with Crippen molar-refractivity contribution >= 4 is 18.1 Å². The van der Waals surface area contributed by atoms with Crippen LogP contribution in [0.25, 0.3) is 0 Å². The van der Waals surface area contributed by atoms with Crippen LogP contribution in [-0.4, -0.2) is 20.1 Å². The molecule has 0 atom stereocenters. The van der Waals surface area contributed by atoms with Crippen molar-refractivity contribution in [2.24, 2.45) is 0 Å². The topological polar surface area (TPSA) is 61.6 Å². The van der Waals surface area contributed by atoms with Crippen LogP contribution in [0.4, 0.5) is 5.69 Å². The smallest absolute Gasteiger partial charge is 0.231 e. The first-order valence-electron chi connectivity index (χ1n) is 6.65. The Bertz CT molecular complexity index is 441. The van der Waals surface area contributed by atoms with E-state index < -0.39 is 7.14 Å². The minimum Gasteiger partial charge on any atom is -0.453 e. The second-order valence-corrected chi connectivity index (χ2v) is 7.48. The van der Waals surface area contributed by atoms with Gasteiger partial charge in [-0.3, -0.25) is 0 Å². The summed E-state index contributed by atoms with van der Waals surface area (Å²) < 4.78 is 22.4. The van der Waals surface area contributed by atoms with Gasteiger partial charge in [-0.25, -0.2) is 0 Å². The van der Waals surface area contributed by atoms with Gasteiger partial charge in [0.25, 0.3) is 0 Å². The van der Waals surface area contributed by atoms with Crippen molar-refractivity contribution in [1.29, 1.82) is 0 Å². The van der Waals surface area contributed by atoms with E-state index in [1.165, 1.54) is 6.42 Å². The zero-order chi connectivity index (χ0) is 15.1. The summed E-state index contributed by atoms with van der Waals surface area (Å²) in [5, 5.41) is 0.694. The molecule has 0 fully saturated rings. The molecule has 5 heteroatoms. The highest BCUT2D eigenvalue weighted by molar-refractivity contribution is 7.70. The van der Waals surface area contributed by atoms with Gasteiger partial charge < -0.3 is 19.8 Å². The van der Waals surface area contributed by atoms with Crippen LogP contribution < -0.4 is 20.5 Å². The summed E-state index contributed by atoms with van der Waals surface area (Å²) in [5.74, 6) is 1.06. The molecule has 0 bridgehead atoms. The maximum absolute atomic E-state index is 11.9. The number of fused-ring (bicyclic) bond motifs is 1. The van der Waals surface area contributed by atoms with E-state index in [-0.39, 0.29) is 14.2 Å². The van der Waals surface area contributed by atoms with Crippen LogP contribution in [0, 0.1) is 0 Å². The normalized spacial score (nSPS) is 11.3. The van der Waals surface area contributed by atoms with Crippen molar-refractivity contribution in [2.45, 2.75) is 41.5 Å². The minimum atomic E-state index is -2.34. The Balaban J connectivity index is 0. The van der Waals surface area contributed by atoms with Crippen molar-refractivity contribution < 1.29 is 14.0 Å². The molecule has 2 rings (SSSR count). The predicted molar refractivity (Wildman–Crippen MR) is 90.1 cm³/mol. The Morgan fingerprint density at radius 3 is 2.05 bits per heavy atom. The van der Waals surface area contributed by atoms with Gasteiger partial charge in [-0.1, -0.05) is 41.5 Å². The Morgan fingerprint density at radius 1 is 1.15 bits per heavy atom. The third-order valence-electron chi connectivity index (χ3n) is 2.11. The van der Waals surface area contributed by atoms with Crippen LogP contribution in [0.2, 0.25) is 0 Å². The number of anilines is 1. The third-order valence-corrected chi connectivity index (χ3v) is 3.62. The maximum atomic E-state index is 11.9. The molecule has 1 aliphatic heterocycles. The van der Waals surface area contributed by atoms with Crippen molar-refractivity contribution in [3.8, 4) is 11.5 Å². The molecule has 4 nitrogen and oxygen atoms in total. The molecule has 20 heavy (non-hydrogen) atoms. The molecule has 0 aliphatic carbocycles. The first-order chi connectivity index (χ1) is 8.91. The molecule has 0 saturated carbocycles. The van der Waals surface area contributed by atoms with Gasteiger partial charge >= 0.3 is 0 Å². The standard InChI is InChI=1S/C9H12NO3P.C3H8.C2H6.CH4/c1-14(2,11)7-4-3-6(10)8-9(7)13-5-12-8;1-3-2;1-2;/h3-4H,5,10H2,1-2H3;3H2,1-2H3;1-2H3;1H4. The zero-order valence-corrected chi connectivity index (χ0v) is 13.7. The van der Waals surface area contributed by atoms with Crippen LogP contribution in [-0.2, 0) is 4.57 Å². The fourth-order valence-electron chi connectivity index (χ4n) is 1.43. The molecule has 1 heterocycles. The molecule has 1 aromatic carbocycles.